The van der Waals surface area contributed by atoms with Gasteiger partial charge in [-0.25, -0.2) is 0 Å². The minimum Gasteiger partial charge on any atom is -0.350 e. The van der Waals surface area contributed by atoms with E-state index in [0.717, 1.165) is 28.7 Å². The Balaban J connectivity index is 1.27. The van der Waals surface area contributed by atoms with E-state index in [9.17, 15) is 4.79 Å². The van der Waals surface area contributed by atoms with Gasteiger partial charge in [0.05, 0.1) is 5.25 Å². The fourth-order valence-electron chi connectivity index (χ4n) is 6.02. The second-order valence-electron chi connectivity index (χ2n) is 9.08. The largest absolute Gasteiger partial charge is 0.350 e. The molecule has 0 aromatic carbocycles. The minimum absolute atomic E-state index is 0.0980. The Kier molecular flexibility index (Phi) is 3.70. The Hall–Kier alpha value is -1.04. The number of hydrogen-bond donors (Lipinski definition) is 1. The minimum atomic E-state index is -0.117. The van der Waals surface area contributed by atoms with Crippen LogP contribution in [0.15, 0.2) is 5.16 Å². The standard InChI is InChI=1S/C19H28N4OS/c1-11(25-18-22-21-12(2)23(18)16-3-4-16)17(24)20-19-8-13-5-14(9-19)7-15(6-13)10-19/h11,13-16H,3-10H2,1-2H3,(H,20,24)/t11-,13?,14?,15?,19?/m1/s1. The second kappa shape index (κ2) is 5.73. The number of rotatable bonds is 5. The van der Waals surface area contributed by atoms with Gasteiger partial charge in [0, 0.05) is 11.6 Å². The van der Waals surface area contributed by atoms with Crippen LogP contribution in [0.3, 0.4) is 0 Å². The average Bonchev–Trinajstić information content (AvgIpc) is 3.29. The average molecular weight is 361 g/mol. The van der Waals surface area contributed by atoms with E-state index >= 15 is 0 Å². The van der Waals surface area contributed by atoms with Gasteiger partial charge in [0.2, 0.25) is 5.91 Å². The van der Waals surface area contributed by atoms with Gasteiger partial charge in [0.15, 0.2) is 5.16 Å². The zero-order chi connectivity index (χ0) is 17.2. The molecular weight excluding hydrogens is 332 g/mol. The molecule has 5 nitrogen and oxygen atoms in total. The van der Waals surface area contributed by atoms with Crippen molar-refractivity contribution in [3.05, 3.63) is 5.82 Å². The van der Waals surface area contributed by atoms with Crippen LogP contribution in [0.4, 0.5) is 0 Å². The smallest absolute Gasteiger partial charge is 0.233 e. The molecule has 5 fully saturated rings. The predicted molar refractivity (Wildman–Crippen MR) is 97.4 cm³/mol. The van der Waals surface area contributed by atoms with Crippen molar-refractivity contribution >= 4 is 17.7 Å². The highest BCUT2D eigenvalue weighted by molar-refractivity contribution is 8.00. The highest BCUT2D eigenvalue weighted by atomic mass is 32.2. The molecule has 1 aromatic rings. The van der Waals surface area contributed by atoms with Crippen molar-refractivity contribution in [1.82, 2.24) is 20.1 Å². The maximum absolute atomic E-state index is 12.9. The van der Waals surface area contributed by atoms with Gasteiger partial charge in [-0.05, 0) is 83.0 Å². The Labute approximate surface area is 153 Å². The molecule has 1 atom stereocenters. The monoisotopic (exact) mass is 360 g/mol. The number of carbonyl (C=O) groups is 1. The van der Waals surface area contributed by atoms with Crippen LogP contribution in [-0.4, -0.2) is 31.5 Å². The van der Waals surface area contributed by atoms with Crippen LogP contribution in [0.1, 0.15) is 70.2 Å². The molecule has 0 aliphatic heterocycles. The molecule has 1 amide bonds. The van der Waals surface area contributed by atoms with E-state index < -0.39 is 0 Å². The molecule has 25 heavy (non-hydrogen) atoms. The SMILES string of the molecule is Cc1nnc(S[C@H](C)C(=O)NC23CC4CC(CC(C4)C2)C3)n1C1CC1. The first-order valence-corrected chi connectivity index (χ1v) is 10.8. The number of amides is 1. The summed E-state index contributed by atoms with van der Waals surface area (Å²) in [5.41, 5.74) is 0.0980. The molecule has 136 valence electrons. The first-order valence-electron chi connectivity index (χ1n) is 9.91. The summed E-state index contributed by atoms with van der Waals surface area (Å²) in [6, 6.07) is 0.552. The number of aromatic nitrogens is 3. The van der Waals surface area contributed by atoms with Gasteiger partial charge in [-0.15, -0.1) is 10.2 Å². The van der Waals surface area contributed by atoms with E-state index in [0.29, 0.717) is 6.04 Å². The summed E-state index contributed by atoms with van der Waals surface area (Å²) in [6.07, 6.45) is 10.3. The highest BCUT2D eigenvalue weighted by Crippen LogP contribution is 2.55. The molecule has 0 radical (unpaired) electrons. The Morgan fingerprint density at radius 3 is 2.32 bits per heavy atom. The molecule has 0 unspecified atom stereocenters. The van der Waals surface area contributed by atoms with Gasteiger partial charge in [-0.1, -0.05) is 11.8 Å². The molecule has 0 saturated heterocycles. The van der Waals surface area contributed by atoms with E-state index in [4.69, 9.17) is 0 Å². The summed E-state index contributed by atoms with van der Waals surface area (Å²) in [5.74, 6) is 3.73. The third-order valence-electron chi connectivity index (χ3n) is 6.83. The summed E-state index contributed by atoms with van der Waals surface area (Å²) >= 11 is 1.57. The van der Waals surface area contributed by atoms with Crippen LogP contribution in [0, 0.1) is 24.7 Å². The molecule has 1 N–H and O–H groups in total. The van der Waals surface area contributed by atoms with Crippen molar-refractivity contribution in [3.8, 4) is 0 Å². The Morgan fingerprint density at radius 2 is 1.76 bits per heavy atom. The normalized spacial score (nSPS) is 37.3. The van der Waals surface area contributed by atoms with E-state index in [1.165, 1.54) is 51.4 Å². The lowest BCUT2D eigenvalue weighted by Crippen LogP contribution is -2.60. The van der Waals surface area contributed by atoms with E-state index in [-0.39, 0.29) is 16.7 Å². The van der Waals surface area contributed by atoms with Crippen molar-refractivity contribution in [2.24, 2.45) is 17.8 Å². The maximum Gasteiger partial charge on any atom is 0.233 e. The van der Waals surface area contributed by atoms with Gasteiger partial charge < -0.3 is 9.88 Å². The first kappa shape index (κ1) is 16.2. The summed E-state index contributed by atoms with van der Waals surface area (Å²) in [4.78, 5) is 12.9. The van der Waals surface area contributed by atoms with Crippen LogP contribution >= 0.6 is 11.8 Å². The van der Waals surface area contributed by atoms with Crippen molar-refractivity contribution in [2.45, 2.75) is 87.2 Å². The highest BCUT2D eigenvalue weighted by Gasteiger charge is 2.51. The van der Waals surface area contributed by atoms with Crippen LogP contribution in [0.5, 0.6) is 0 Å². The number of thioether (sulfide) groups is 1. The third-order valence-corrected chi connectivity index (χ3v) is 7.88. The number of carbonyl (C=O) groups excluding carboxylic acids is 1. The number of nitrogens with one attached hydrogen (secondary N) is 1. The summed E-state index contributed by atoms with van der Waals surface area (Å²) < 4.78 is 2.22. The number of aryl methyl sites for hydroxylation is 1. The van der Waals surface area contributed by atoms with Crippen LogP contribution in [-0.2, 0) is 4.79 Å². The van der Waals surface area contributed by atoms with Crippen LogP contribution < -0.4 is 5.32 Å². The van der Waals surface area contributed by atoms with Gasteiger partial charge in [-0.3, -0.25) is 4.79 Å². The van der Waals surface area contributed by atoms with Gasteiger partial charge >= 0.3 is 0 Å². The molecule has 6 rings (SSSR count). The molecule has 1 heterocycles. The van der Waals surface area contributed by atoms with Gasteiger partial charge in [0.25, 0.3) is 0 Å². The lowest BCUT2D eigenvalue weighted by Gasteiger charge is -2.57. The van der Waals surface area contributed by atoms with Crippen LogP contribution in [0.2, 0.25) is 0 Å². The topological polar surface area (TPSA) is 59.8 Å². The molecule has 1 aromatic heterocycles. The molecular formula is C19H28N4OS. The van der Waals surface area contributed by atoms with Gasteiger partial charge in [-0.2, -0.15) is 0 Å². The van der Waals surface area contributed by atoms with Crippen molar-refractivity contribution in [3.63, 3.8) is 0 Å². The van der Waals surface area contributed by atoms with E-state index in [1.54, 1.807) is 11.8 Å². The zero-order valence-corrected chi connectivity index (χ0v) is 16.0. The van der Waals surface area contributed by atoms with Crippen molar-refractivity contribution < 1.29 is 4.79 Å². The van der Waals surface area contributed by atoms with E-state index in [2.05, 4.69) is 20.1 Å². The molecule has 4 bridgehead atoms. The zero-order valence-electron chi connectivity index (χ0n) is 15.2. The van der Waals surface area contributed by atoms with Crippen LogP contribution in [0.25, 0.3) is 0 Å². The first-order chi connectivity index (χ1) is 12.0. The molecule has 5 aliphatic rings. The number of hydrogen-bond acceptors (Lipinski definition) is 4. The Morgan fingerprint density at radius 1 is 1.16 bits per heavy atom. The van der Waals surface area contributed by atoms with E-state index in [1.807, 2.05) is 13.8 Å². The molecule has 0 spiro atoms. The third kappa shape index (κ3) is 2.90. The van der Waals surface area contributed by atoms with Gasteiger partial charge in [0.1, 0.15) is 5.82 Å². The Bertz CT molecular complexity index is 660. The molecule has 5 saturated carbocycles. The fraction of sp³-hybridized carbons (Fsp3) is 0.842. The lowest BCUT2D eigenvalue weighted by molar-refractivity contribution is -0.126. The quantitative estimate of drug-likeness (QED) is 0.817. The lowest BCUT2D eigenvalue weighted by atomic mass is 9.53. The number of nitrogens with zero attached hydrogens (tertiary/aromatic N) is 3. The molecule has 5 aliphatic carbocycles. The van der Waals surface area contributed by atoms with Crippen molar-refractivity contribution in [1.29, 1.82) is 0 Å². The predicted octanol–water partition coefficient (Wildman–Crippen LogP) is 3.49. The summed E-state index contributed by atoms with van der Waals surface area (Å²) in [6.45, 7) is 4.03. The second-order valence-corrected chi connectivity index (χ2v) is 10.4. The maximum atomic E-state index is 12.9. The summed E-state index contributed by atoms with van der Waals surface area (Å²) in [7, 11) is 0. The summed E-state index contributed by atoms with van der Waals surface area (Å²) in [5, 5.41) is 12.8. The molecule has 6 heteroatoms. The van der Waals surface area contributed by atoms with Crippen molar-refractivity contribution in [2.75, 3.05) is 0 Å². The fourth-order valence-corrected chi connectivity index (χ4v) is 6.99.